The molecular weight excluding hydrogens is 270 g/mol. The van der Waals surface area contributed by atoms with Gasteiger partial charge in [-0.2, -0.15) is 0 Å². The summed E-state index contributed by atoms with van der Waals surface area (Å²) in [6.45, 7) is 14.5. The van der Waals surface area contributed by atoms with Crippen LogP contribution in [0.25, 0.3) is 0 Å². The Labute approximate surface area is 123 Å². The predicted molar refractivity (Wildman–Crippen MR) is 84.8 cm³/mol. The van der Waals surface area contributed by atoms with Crippen LogP contribution in [0.5, 0.6) is 0 Å². The minimum absolute atomic E-state index is 0.0532. The van der Waals surface area contributed by atoms with Gasteiger partial charge in [-0.15, -0.1) is 18.9 Å². The fourth-order valence-electron chi connectivity index (χ4n) is 1.46. The smallest absolute Gasteiger partial charge is 0.404 e. The number of rotatable bonds is 7. The molecule has 1 amide bonds. The fraction of sp³-hybridized carbons (Fsp3) is 0.667. The van der Waals surface area contributed by atoms with Crippen LogP contribution in [0.4, 0.5) is 4.79 Å². The third-order valence-electron chi connectivity index (χ3n) is 3.68. The molecule has 0 spiro atoms. The number of primary amides is 1. The predicted octanol–water partition coefficient (Wildman–Crippen LogP) is 3.44. The van der Waals surface area contributed by atoms with Crippen molar-refractivity contribution in [1.82, 2.24) is 0 Å². The highest BCUT2D eigenvalue weighted by Gasteiger charge is 2.40. The van der Waals surface area contributed by atoms with Gasteiger partial charge in [-0.25, -0.2) is 4.79 Å². The Morgan fingerprint density at radius 3 is 2.40 bits per heavy atom. The first kappa shape index (κ1) is 18.7. The molecule has 0 aliphatic rings. The summed E-state index contributed by atoms with van der Waals surface area (Å²) in [4.78, 5) is 11.0. The molecule has 0 saturated heterocycles. The molecule has 0 aromatic heterocycles. The van der Waals surface area contributed by atoms with Crippen molar-refractivity contribution in [3.05, 3.63) is 12.7 Å². The molecule has 0 radical (unpaired) electrons. The quantitative estimate of drug-likeness (QED) is 0.445. The maximum atomic E-state index is 11.0. The van der Waals surface area contributed by atoms with Gasteiger partial charge in [0.1, 0.15) is 12.2 Å². The summed E-state index contributed by atoms with van der Waals surface area (Å²) in [5.41, 5.74) is 5.12. The van der Waals surface area contributed by atoms with Crippen LogP contribution in [-0.4, -0.2) is 26.6 Å². The molecule has 20 heavy (non-hydrogen) atoms. The lowest BCUT2D eigenvalue weighted by molar-refractivity contribution is 0.0314. The van der Waals surface area contributed by atoms with Crippen molar-refractivity contribution in [2.75, 3.05) is 0 Å². The zero-order chi connectivity index (χ0) is 16.0. The standard InChI is InChI=1S/C15H27NO3Si/c1-8-10-11-13(18-14(16)17)12(9-2)19-20(6,7)15(3,4)5/h1,9,12-13H,2,10-11H2,3-7H3,(H2,16,17)/t12-,13-/m0/s1. The van der Waals surface area contributed by atoms with Crippen LogP contribution < -0.4 is 5.73 Å². The summed E-state index contributed by atoms with van der Waals surface area (Å²) in [5, 5.41) is 0.0532. The number of carbonyl (C=O) groups excluding carboxylic acids is 1. The second kappa shape index (κ2) is 7.51. The average Bonchev–Trinajstić information content (AvgIpc) is 2.29. The highest BCUT2D eigenvalue weighted by molar-refractivity contribution is 6.74. The number of hydrogen-bond donors (Lipinski definition) is 1. The summed E-state index contributed by atoms with van der Waals surface area (Å²) in [6.07, 6.45) is 6.21. The minimum Gasteiger partial charge on any atom is -0.443 e. The van der Waals surface area contributed by atoms with E-state index in [1.807, 2.05) is 0 Å². The molecule has 2 N–H and O–H groups in total. The van der Waals surface area contributed by atoms with E-state index in [2.05, 4.69) is 46.4 Å². The highest BCUT2D eigenvalue weighted by atomic mass is 28.4. The molecule has 5 heteroatoms. The maximum absolute atomic E-state index is 11.0. The Morgan fingerprint density at radius 2 is 2.05 bits per heavy atom. The monoisotopic (exact) mass is 297 g/mol. The van der Waals surface area contributed by atoms with Gasteiger partial charge in [-0.3, -0.25) is 0 Å². The number of amides is 1. The van der Waals surface area contributed by atoms with Crippen molar-refractivity contribution in [3.8, 4) is 12.3 Å². The van der Waals surface area contributed by atoms with E-state index in [1.54, 1.807) is 6.08 Å². The van der Waals surface area contributed by atoms with Gasteiger partial charge in [-0.1, -0.05) is 26.8 Å². The van der Waals surface area contributed by atoms with E-state index in [4.69, 9.17) is 21.3 Å². The average molecular weight is 297 g/mol. The van der Waals surface area contributed by atoms with Crippen LogP contribution in [0.3, 0.4) is 0 Å². The first-order valence-corrected chi connectivity index (χ1v) is 9.66. The molecule has 0 saturated carbocycles. The van der Waals surface area contributed by atoms with E-state index in [9.17, 15) is 4.79 Å². The first-order valence-electron chi connectivity index (χ1n) is 6.75. The second-order valence-corrected chi connectivity index (χ2v) is 11.1. The van der Waals surface area contributed by atoms with E-state index < -0.39 is 26.6 Å². The van der Waals surface area contributed by atoms with Gasteiger partial charge in [-0.05, 0) is 24.6 Å². The van der Waals surface area contributed by atoms with Crippen molar-refractivity contribution in [2.24, 2.45) is 5.73 Å². The minimum atomic E-state index is -2.00. The van der Waals surface area contributed by atoms with Gasteiger partial charge >= 0.3 is 6.09 Å². The molecular formula is C15H27NO3Si. The zero-order valence-electron chi connectivity index (χ0n) is 13.2. The van der Waals surface area contributed by atoms with Crippen molar-refractivity contribution >= 4 is 14.4 Å². The van der Waals surface area contributed by atoms with E-state index in [0.29, 0.717) is 12.8 Å². The molecule has 0 aromatic rings. The highest BCUT2D eigenvalue weighted by Crippen LogP contribution is 2.38. The number of hydrogen-bond acceptors (Lipinski definition) is 3. The van der Waals surface area contributed by atoms with Crippen molar-refractivity contribution in [2.45, 2.75) is 64.0 Å². The Morgan fingerprint density at radius 1 is 1.50 bits per heavy atom. The maximum Gasteiger partial charge on any atom is 0.404 e. The number of ether oxygens (including phenoxy) is 1. The third-order valence-corrected chi connectivity index (χ3v) is 8.15. The Hall–Kier alpha value is -1.25. The molecule has 114 valence electrons. The van der Waals surface area contributed by atoms with Gasteiger partial charge in [0.25, 0.3) is 0 Å². The second-order valence-electron chi connectivity index (χ2n) is 6.30. The number of terminal acetylenes is 1. The van der Waals surface area contributed by atoms with Crippen LogP contribution in [0.15, 0.2) is 12.7 Å². The largest absolute Gasteiger partial charge is 0.443 e. The normalized spacial score (nSPS) is 15.0. The van der Waals surface area contributed by atoms with Crippen LogP contribution in [0.2, 0.25) is 18.1 Å². The molecule has 0 aliphatic carbocycles. The number of carbonyl (C=O) groups is 1. The molecule has 0 aliphatic heterocycles. The summed E-state index contributed by atoms with van der Waals surface area (Å²) < 4.78 is 11.4. The van der Waals surface area contributed by atoms with E-state index in [1.165, 1.54) is 0 Å². The topological polar surface area (TPSA) is 61.5 Å². The van der Waals surface area contributed by atoms with Crippen molar-refractivity contribution in [3.63, 3.8) is 0 Å². The molecule has 2 atom stereocenters. The summed E-state index contributed by atoms with van der Waals surface area (Å²) in [7, 11) is -2.00. The van der Waals surface area contributed by atoms with Crippen LogP contribution >= 0.6 is 0 Å². The lowest BCUT2D eigenvalue weighted by Gasteiger charge is -2.40. The van der Waals surface area contributed by atoms with Gasteiger partial charge in [0, 0.05) is 6.42 Å². The molecule has 0 rings (SSSR count). The van der Waals surface area contributed by atoms with Crippen LogP contribution in [0, 0.1) is 12.3 Å². The molecule has 0 bridgehead atoms. The summed E-state index contributed by atoms with van der Waals surface area (Å²) >= 11 is 0. The fourth-order valence-corrected chi connectivity index (χ4v) is 2.74. The molecule has 0 unspecified atom stereocenters. The van der Waals surface area contributed by atoms with E-state index >= 15 is 0 Å². The summed E-state index contributed by atoms with van der Waals surface area (Å²) in [5.74, 6) is 2.53. The van der Waals surface area contributed by atoms with Gasteiger partial charge in [0.05, 0.1) is 0 Å². The Kier molecular flexibility index (Phi) is 7.04. The van der Waals surface area contributed by atoms with Crippen molar-refractivity contribution in [1.29, 1.82) is 0 Å². The SMILES string of the molecule is C#CCC[C@H](OC(N)=O)[C@H](C=C)O[Si](C)(C)C(C)(C)C. The van der Waals surface area contributed by atoms with Gasteiger partial charge in [0.2, 0.25) is 0 Å². The number of nitrogens with two attached hydrogens (primary N) is 1. The first-order chi connectivity index (χ1) is 9.05. The molecule has 0 fully saturated rings. The molecule has 4 nitrogen and oxygen atoms in total. The Bertz CT molecular complexity index is 380. The zero-order valence-corrected chi connectivity index (χ0v) is 14.2. The molecule has 0 heterocycles. The van der Waals surface area contributed by atoms with Gasteiger partial charge < -0.3 is 14.9 Å². The van der Waals surface area contributed by atoms with E-state index in [-0.39, 0.29) is 5.04 Å². The lowest BCUT2D eigenvalue weighted by Crippen LogP contribution is -2.47. The van der Waals surface area contributed by atoms with Crippen LogP contribution in [-0.2, 0) is 9.16 Å². The van der Waals surface area contributed by atoms with E-state index in [0.717, 1.165) is 0 Å². The van der Waals surface area contributed by atoms with Crippen molar-refractivity contribution < 1.29 is 14.0 Å². The van der Waals surface area contributed by atoms with Gasteiger partial charge in [0.15, 0.2) is 8.32 Å². The molecule has 0 aromatic carbocycles. The van der Waals surface area contributed by atoms with Crippen LogP contribution in [0.1, 0.15) is 33.6 Å². The third kappa shape index (κ3) is 5.80. The summed E-state index contributed by atoms with van der Waals surface area (Å²) in [6, 6.07) is 0. The Balaban J connectivity index is 5.04. The lowest BCUT2D eigenvalue weighted by atomic mass is 10.1.